The summed E-state index contributed by atoms with van der Waals surface area (Å²) in [5, 5.41) is 11.1. The van der Waals surface area contributed by atoms with Crippen molar-refractivity contribution in [2.24, 2.45) is 4.99 Å². The van der Waals surface area contributed by atoms with Crippen LogP contribution < -0.4 is 5.32 Å². The van der Waals surface area contributed by atoms with Crippen LogP contribution in [0.1, 0.15) is 6.42 Å². The minimum absolute atomic E-state index is 0.0278. The summed E-state index contributed by atoms with van der Waals surface area (Å²) >= 11 is 0. The molecular weight excluding hydrogens is 120 g/mol. The van der Waals surface area contributed by atoms with Crippen molar-refractivity contribution in [3.8, 4) is 0 Å². The highest BCUT2D eigenvalue weighted by atomic mass is 16.4. The van der Waals surface area contributed by atoms with E-state index in [1.165, 1.54) is 0 Å². The van der Waals surface area contributed by atoms with E-state index < -0.39 is 5.97 Å². The van der Waals surface area contributed by atoms with Crippen LogP contribution in [0, 0.1) is 0 Å². The van der Waals surface area contributed by atoms with Crippen LogP contribution >= 0.6 is 0 Å². The van der Waals surface area contributed by atoms with Crippen molar-refractivity contribution in [1.29, 1.82) is 0 Å². The van der Waals surface area contributed by atoms with Gasteiger partial charge in [-0.15, -0.1) is 0 Å². The lowest BCUT2D eigenvalue weighted by atomic mass is 10.4. The van der Waals surface area contributed by atoms with Gasteiger partial charge in [0.2, 0.25) is 0 Å². The highest BCUT2D eigenvalue weighted by Crippen LogP contribution is 1.89. The van der Waals surface area contributed by atoms with E-state index in [4.69, 9.17) is 5.11 Å². The second kappa shape index (κ2) is 2.48. The zero-order chi connectivity index (χ0) is 6.69. The van der Waals surface area contributed by atoms with Gasteiger partial charge in [-0.25, -0.2) is 0 Å². The van der Waals surface area contributed by atoms with Crippen LogP contribution in [-0.4, -0.2) is 30.0 Å². The Morgan fingerprint density at radius 1 is 1.89 bits per heavy atom. The number of aliphatic carboxylic acids is 1. The zero-order valence-electron chi connectivity index (χ0n) is 4.92. The largest absolute Gasteiger partial charge is 0.481 e. The maximum Gasteiger partial charge on any atom is 0.310 e. The number of amidine groups is 1. The predicted molar refractivity (Wildman–Crippen MR) is 32.6 cm³/mol. The molecule has 9 heavy (non-hydrogen) atoms. The summed E-state index contributed by atoms with van der Waals surface area (Å²) in [4.78, 5) is 13.9. The van der Waals surface area contributed by atoms with Crippen LogP contribution in [0.25, 0.3) is 0 Å². The number of rotatable bonds is 2. The highest BCUT2D eigenvalue weighted by Gasteiger charge is 2.07. The molecule has 1 heterocycles. The fourth-order valence-electron chi connectivity index (χ4n) is 0.709. The molecule has 0 unspecified atom stereocenters. The van der Waals surface area contributed by atoms with Gasteiger partial charge in [0.1, 0.15) is 12.3 Å². The first kappa shape index (κ1) is 6.07. The average Bonchev–Trinajstić information content (AvgIpc) is 2.15. The van der Waals surface area contributed by atoms with Crippen LogP contribution in [-0.2, 0) is 4.79 Å². The van der Waals surface area contributed by atoms with Crippen LogP contribution in [0.15, 0.2) is 4.99 Å². The summed E-state index contributed by atoms with van der Waals surface area (Å²) < 4.78 is 0. The molecule has 1 aliphatic heterocycles. The summed E-state index contributed by atoms with van der Waals surface area (Å²) in [6.07, 6.45) is 0.0278. The highest BCUT2D eigenvalue weighted by molar-refractivity contribution is 5.97. The van der Waals surface area contributed by atoms with Crippen LogP contribution in [0.4, 0.5) is 0 Å². The quantitative estimate of drug-likeness (QED) is 0.525. The SMILES string of the molecule is O=C(O)CC1=NCCN1. The first-order valence-electron chi connectivity index (χ1n) is 2.78. The molecule has 4 nitrogen and oxygen atoms in total. The molecule has 0 aromatic heterocycles. The lowest BCUT2D eigenvalue weighted by Gasteiger charge is -1.94. The molecule has 0 fully saturated rings. The second-order valence-corrected chi connectivity index (χ2v) is 1.83. The molecule has 50 valence electrons. The van der Waals surface area contributed by atoms with Crippen molar-refractivity contribution in [2.45, 2.75) is 6.42 Å². The molecular formula is C5H8N2O2. The van der Waals surface area contributed by atoms with Crippen molar-refractivity contribution in [3.05, 3.63) is 0 Å². The number of carboxylic acids is 1. The van der Waals surface area contributed by atoms with Gasteiger partial charge in [-0.2, -0.15) is 0 Å². The number of carbonyl (C=O) groups is 1. The summed E-state index contributed by atoms with van der Waals surface area (Å²) in [7, 11) is 0. The molecule has 0 saturated heterocycles. The average molecular weight is 128 g/mol. The molecule has 0 aromatic rings. The van der Waals surface area contributed by atoms with Gasteiger partial charge in [0.05, 0.1) is 6.54 Å². The van der Waals surface area contributed by atoms with Gasteiger partial charge in [-0.05, 0) is 0 Å². The lowest BCUT2D eigenvalue weighted by Crippen LogP contribution is -2.21. The number of aliphatic imine (C=N–C) groups is 1. The van der Waals surface area contributed by atoms with E-state index in [1.54, 1.807) is 0 Å². The maximum absolute atomic E-state index is 10.0. The summed E-state index contributed by atoms with van der Waals surface area (Å²) in [5.74, 6) is -0.231. The Bertz CT molecular complexity index is 153. The van der Waals surface area contributed by atoms with E-state index >= 15 is 0 Å². The van der Waals surface area contributed by atoms with Gasteiger partial charge < -0.3 is 10.4 Å². The molecule has 1 rings (SSSR count). The van der Waals surface area contributed by atoms with Gasteiger partial charge in [0, 0.05) is 6.54 Å². The molecule has 4 heteroatoms. The van der Waals surface area contributed by atoms with E-state index in [-0.39, 0.29) is 6.42 Å². The smallest absolute Gasteiger partial charge is 0.310 e. The third-order valence-corrected chi connectivity index (χ3v) is 1.06. The molecule has 0 aromatic carbocycles. The monoisotopic (exact) mass is 128 g/mol. The van der Waals surface area contributed by atoms with E-state index in [0.717, 1.165) is 6.54 Å². The van der Waals surface area contributed by atoms with Gasteiger partial charge in [-0.3, -0.25) is 9.79 Å². The molecule has 0 spiro atoms. The Labute approximate surface area is 52.6 Å². The first-order valence-corrected chi connectivity index (χ1v) is 2.78. The van der Waals surface area contributed by atoms with Crippen LogP contribution in [0.3, 0.4) is 0 Å². The van der Waals surface area contributed by atoms with E-state index in [9.17, 15) is 4.79 Å². The van der Waals surface area contributed by atoms with Crippen molar-refractivity contribution >= 4 is 11.8 Å². The van der Waals surface area contributed by atoms with Crippen LogP contribution in [0.2, 0.25) is 0 Å². The van der Waals surface area contributed by atoms with Gasteiger partial charge in [-0.1, -0.05) is 0 Å². The lowest BCUT2D eigenvalue weighted by molar-refractivity contribution is -0.135. The molecule has 1 aliphatic rings. The fourth-order valence-corrected chi connectivity index (χ4v) is 0.709. The first-order chi connectivity index (χ1) is 4.29. The Morgan fingerprint density at radius 2 is 2.67 bits per heavy atom. The summed E-state index contributed by atoms with van der Waals surface area (Å²) in [6.45, 7) is 1.49. The van der Waals surface area contributed by atoms with Crippen molar-refractivity contribution in [1.82, 2.24) is 5.32 Å². The molecule has 0 atom stereocenters. The molecule has 0 saturated carbocycles. The van der Waals surface area contributed by atoms with Gasteiger partial charge >= 0.3 is 5.97 Å². The standard InChI is InChI=1S/C5H8N2O2/c8-5(9)3-4-6-1-2-7-4/h1-3H2,(H,6,7)(H,8,9). The van der Waals surface area contributed by atoms with Crippen molar-refractivity contribution in [3.63, 3.8) is 0 Å². The van der Waals surface area contributed by atoms with Gasteiger partial charge in [0.25, 0.3) is 0 Å². The third kappa shape index (κ3) is 1.71. The number of nitrogens with zero attached hydrogens (tertiary/aromatic N) is 1. The Balaban J connectivity index is 2.35. The fraction of sp³-hybridized carbons (Fsp3) is 0.600. The number of carboxylic acid groups (broad SMARTS) is 1. The van der Waals surface area contributed by atoms with Crippen molar-refractivity contribution < 1.29 is 9.90 Å². The Hall–Kier alpha value is -1.06. The third-order valence-electron chi connectivity index (χ3n) is 1.06. The number of nitrogens with one attached hydrogen (secondary N) is 1. The van der Waals surface area contributed by atoms with E-state index in [2.05, 4.69) is 10.3 Å². The van der Waals surface area contributed by atoms with E-state index in [0.29, 0.717) is 12.4 Å². The minimum Gasteiger partial charge on any atom is -0.481 e. The second-order valence-electron chi connectivity index (χ2n) is 1.83. The molecule has 0 radical (unpaired) electrons. The molecule has 0 bridgehead atoms. The number of hydrogen-bond acceptors (Lipinski definition) is 3. The normalized spacial score (nSPS) is 16.7. The molecule has 0 amide bonds. The van der Waals surface area contributed by atoms with E-state index in [1.807, 2.05) is 0 Å². The van der Waals surface area contributed by atoms with Crippen LogP contribution in [0.5, 0.6) is 0 Å². The predicted octanol–water partition coefficient (Wildman–Crippen LogP) is -0.537. The minimum atomic E-state index is -0.830. The molecule has 2 N–H and O–H groups in total. The topological polar surface area (TPSA) is 61.7 Å². The summed E-state index contributed by atoms with van der Waals surface area (Å²) in [6, 6.07) is 0. The Morgan fingerprint density at radius 3 is 3.11 bits per heavy atom. The molecule has 0 aliphatic carbocycles. The Kier molecular flexibility index (Phi) is 1.67. The maximum atomic E-state index is 10.0. The summed E-state index contributed by atoms with van der Waals surface area (Å²) in [5.41, 5.74) is 0. The van der Waals surface area contributed by atoms with Gasteiger partial charge in [0.15, 0.2) is 0 Å². The van der Waals surface area contributed by atoms with Crippen molar-refractivity contribution in [2.75, 3.05) is 13.1 Å². The number of hydrogen-bond donors (Lipinski definition) is 2. The zero-order valence-corrected chi connectivity index (χ0v) is 4.92.